The molecule has 2 atom stereocenters. The monoisotopic (exact) mass is 842 g/mol. The number of aliphatic hydroxyl groups is 2. The van der Waals surface area contributed by atoms with Gasteiger partial charge in [-0.05, 0) is 93.5 Å². The number of carbonyl (C=O) groups excluding carboxylic acids is 1. The largest absolute Gasteiger partial charge is 0.478 e. The molecule has 6 aromatic carbocycles. The van der Waals surface area contributed by atoms with E-state index in [1.807, 2.05) is 109 Å². The number of hydrogen-bond acceptors (Lipinski definition) is 5. The molecular weight excluding hydrogens is 785 g/mol. The molecule has 0 aliphatic carbocycles. The number of para-hydroxylation sites is 2. The minimum Gasteiger partial charge on any atom is -0.478 e. The molecule has 2 aromatic heterocycles. The molecule has 0 spiro atoms. The summed E-state index contributed by atoms with van der Waals surface area (Å²) in [6, 6.07) is 46.7. The average molecular weight is 843 g/mol. The van der Waals surface area contributed by atoms with Crippen LogP contribution in [0.4, 0.5) is 0 Å². The van der Waals surface area contributed by atoms with Gasteiger partial charge in [-0.3, -0.25) is 4.79 Å². The van der Waals surface area contributed by atoms with Gasteiger partial charge in [0.1, 0.15) is 0 Å². The summed E-state index contributed by atoms with van der Waals surface area (Å²) < 4.78 is 0. The van der Waals surface area contributed by atoms with Crippen LogP contribution in [0.2, 0.25) is 0 Å². The minimum absolute atomic E-state index is 0.0273. The van der Waals surface area contributed by atoms with Gasteiger partial charge in [0.25, 0.3) is 5.91 Å². The summed E-state index contributed by atoms with van der Waals surface area (Å²) in [5.74, 6) is -0.220. The van der Waals surface area contributed by atoms with E-state index in [9.17, 15) is 19.8 Å². The van der Waals surface area contributed by atoms with Gasteiger partial charge < -0.3 is 36.3 Å². The van der Waals surface area contributed by atoms with Crippen LogP contribution in [0.5, 0.6) is 0 Å². The summed E-state index contributed by atoms with van der Waals surface area (Å²) in [5.41, 5.74) is 17.2. The summed E-state index contributed by atoms with van der Waals surface area (Å²) in [6.07, 6.45) is 5.17. The fraction of sp³-hybridized carbons (Fsp3) is 0.222. The first kappa shape index (κ1) is 45.7. The number of rotatable bonds is 13. The first-order valence-electron chi connectivity index (χ1n) is 21.5. The van der Waals surface area contributed by atoms with Crippen molar-refractivity contribution in [2.75, 3.05) is 13.2 Å². The van der Waals surface area contributed by atoms with Crippen LogP contribution in [-0.4, -0.2) is 62.5 Å². The Balaban J connectivity index is 0.000000174. The molecule has 8 N–H and O–H groups in total. The molecule has 2 heterocycles. The minimum atomic E-state index is -0.888. The normalized spacial score (nSPS) is 12.0. The number of fused-ring (bicyclic) bond motifs is 2. The Hall–Kier alpha value is -6.78. The molecule has 0 fully saturated rings. The lowest BCUT2D eigenvalue weighted by Crippen LogP contribution is -2.39. The van der Waals surface area contributed by atoms with E-state index in [-0.39, 0.29) is 31.2 Å². The van der Waals surface area contributed by atoms with Gasteiger partial charge in [0.2, 0.25) is 0 Å². The van der Waals surface area contributed by atoms with E-state index in [2.05, 4.69) is 79.4 Å². The standard InChI is InChI=1S/C27H28N2O2.C16H16O2.C11H14N2O/c1-18(2)19-8-7-9-20(14-19)23-10-3-4-12-25(23)27(31)29-22(17-30)15-21-16-28-26-13-6-5-11-24(21)26;1-11(2)12-6-5-7-13(10-12)14-8-3-4-9-15(14)16(17)18;12-9(7-14)5-8-6-13-11-4-2-1-3-10(8)11/h3-14,16,18,22,28,30H,15,17H2,1-2H3,(H,29,31);3-11H,1-2H3,(H,17,18);1-4,6,9,13-14H,5,7,12H2/t22-;;9-/m1.1/s1. The Morgan fingerprint density at radius 1 is 0.571 bits per heavy atom. The molecule has 8 aromatic rings. The predicted octanol–water partition coefficient (Wildman–Crippen LogP) is 10.5. The Kier molecular flexibility index (Phi) is 15.9. The van der Waals surface area contributed by atoms with E-state index in [4.69, 9.17) is 10.8 Å². The topological polar surface area (TPSA) is 164 Å². The fourth-order valence-electron chi connectivity index (χ4n) is 7.62. The van der Waals surface area contributed by atoms with Crippen molar-refractivity contribution in [2.45, 2.75) is 64.5 Å². The third kappa shape index (κ3) is 11.8. The maximum absolute atomic E-state index is 13.2. The van der Waals surface area contributed by atoms with Crippen molar-refractivity contribution in [1.82, 2.24) is 15.3 Å². The molecule has 9 nitrogen and oxygen atoms in total. The summed E-state index contributed by atoms with van der Waals surface area (Å²) in [5, 5.41) is 33.4. The highest BCUT2D eigenvalue weighted by molar-refractivity contribution is 6.01. The fourth-order valence-corrected chi connectivity index (χ4v) is 7.62. The van der Waals surface area contributed by atoms with Crippen LogP contribution in [0.1, 0.15) is 82.5 Å². The summed E-state index contributed by atoms with van der Waals surface area (Å²) in [6.45, 7) is 8.47. The lowest BCUT2D eigenvalue weighted by atomic mass is 9.94. The van der Waals surface area contributed by atoms with Crippen molar-refractivity contribution in [1.29, 1.82) is 0 Å². The molecular formula is C54H58N4O5. The molecule has 0 saturated carbocycles. The van der Waals surface area contributed by atoms with E-state index in [0.29, 0.717) is 35.8 Å². The van der Waals surface area contributed by atoms with Crippen LogP contribution in [0, 0.1) is 0 Å². The van der Waals surface area contributed by atoms with E-state index in [1.165, 1.54) is 22.1 Å². The predicted molar refractivity (Wildman–Crippen MR) is 256 cm³/mol. The van der Waals surface area contributed by atoms with Crippen LogP contribution < -0.4 is 11.1 Å². The second-order valence-corrected chi connectivity index (χ2v) is 16.4. The van der Waals surface area contributed by atoms with Gasteiger partial charge in [0, 0.05) is 45.8 Å². The first-order valence-corrected chi connectivity index (χ1v) is 21.5. The van der Waals surface area contributed by atoms with E-state index in [0.717, 1.165) is 44.2 Å². The van der Waals surface area contributed by atoms with Gasteiger partial charge >= 0.3 is 5.97 Å². The number of aromatic amines is 2. The van der Waals surface area contributed by atoms with E-state index < -0.39 is 5.97 Å². The zero-order valence-electron chi connectivity index (χ0n) is 36.4. The second kappa shape index (κ2) is 21.8. The van der Waals surface area contributed by atoms with Crippen LogP contribution in [0.15, 0.2) is 158 Å². The third-order valence-corrected chi connectivity index (χ3v) is 11.1. The number of aliphatic hydroxyl groups excluding tert-OH is 2. The molecule has 0 saturated heterocycles. The number of carboxylic acids is 1. The maximum Gasteiger partial charge on any atom is 0.336 e. The molecule has 8 rings (SSSR count). The molecule has 0 bridgehead atoms. The van der Waals surface area contributed by atoms with Crippen LogP contribution in [0.25, 0.3) is 44.1 Å². The van der Waals surface area contributed by atoms with Gasteiger partial charge in [-0.15, -0.1) is 0 Å². The zero-order valence-corrected chi connectivity index (χ0v) is 36.4. The van der Waals surface area contributed by atoms with Crippen LogP contribution >= 0.6 is 0 Å². The van der Waals surface area contributed by atoms with Crippen molar-refractivity contribution in [3.8, 4) is 22.3 Å². The molecule has 1 amide bonds. The SMILES string of the molecule is CC(C)c1cccc(-c2ccccc2C(=O)N[C@@H](CO)Cc2c[nH]c3ccccc23)c1.CC(C)c1cccc(-c2ccccc2C(=O)O)c1.N[C@@H](CO)Cc1c[nH]c2ccccc12. The van der Waals surface area contributed by atoms with Gasteiger partial charge in [-0.1, -0.05) is 149 Å². The Morgan fingerprint density at radius 2 is 1.03 bits per heavy atom. The van der Waals surface area contributed by atoms with Crippen LogP contribution in [0.3, 0.4) is 0 Å². The van der Waals surface area contributed by atoms with Gasteiger partial charge in [0.05, 0.1) is 24.8 Å². The lowest BCUT2D eigenvalue weighted by molar-refractivity contribution is 0.0697. The molecule has 0 radical (unpaired) electrons. The zero-order chi connectivity index (χ0) is 44.9. The van der Waals surface area contributed by atoms with Crippen molar-refractivity contribution < 1.29 is 24.9 Å². The highest BCUT2D eigenvalue weighted by atomic mass is 16.4. The summed E-state index contributed by atoms with van der Waals surface area (Å²) in [4.78, 5) is 30.8. The number of amides is 1. The quantitative estimate of drug-likeness (QED) is 0.0611. The summed E-state index contributed by atoms with van der Waals surface area (Å²) in [7, 11) is 0. The molecule has 324 valence electrons. The Bertz CT molecular complexity index is 2750. The molecule has 0 aliphatic rings. The number of carboxylic acid groups (broad SMARTS) is 1. The number of carbonyl (C=O) groups is 2. The second-order valence-electron chi connectivity index (χ2n) is 16.4. The van der Waals surface area contributed by atoms with Crippen LogP contribution in [-0.2, 0) is 12.8 Å². The van der Waals surface area contributed by atoms with E-state index in [1.54, 1.807) is 12.1 Å². The first-order chi connectivity index (χ1) is 30.5. The van der Waals surface area contributed by atoms with Crippen molar-refractivity contribution >= 4 is 33.7 Å². The number of H-pyrrole nitrogens is 2. The third-order valence-electron chi connectivity index (χ3n) is 11.1. The van der Waals surface area contributed by atoms with Gasteiger partial charge in [0.15, 0.2) is 0 Å². The lowest BCUT2D eigenvalue weighted by Gasteiger charge is -2.18. The van der Waals surface area contributed by atoms with Crippen molar-refractivity contribution in [3.05, 3.63) is 191 Å². The number of aromatic carboxylic acids is 1. The number of nitrogens with one attached hydrogen (secondary N) is 3. The number of benzene rings is 6. The maximum atomic E-state index is 13.2. The van der Waals surface area contributed by atoms with E-state index >= 15 is 0 Å². The Labute approximate surface area is 369 Å². The van der Waals surface area contributed by atoms with Gasteiger partial charge in [-0.25, -0.2) is 4.79 Å². The Morgan fingerprint density at radius 3 is 1.52 bits per heavy atom. The van der Waals surface area contributed by atoms with Crippen molar-refractivity contribution in [2.24, 2.45) is 5.73 Å². The number of hydrogen-bond donors (Lipinski definition) is 7. The van der Waals surface area contributed by atoms with Gasteiger partial charge in [-0.2, -0.15) is 0 Å². The molecule has 0 aliphatic heterocycles. The number of aromatic nitrogens is 2. The molecule has 9 heteroatoms. The average Bonchev–Trinajstić information content (AvgIpc) is 3.92. The highest BCUT2D eigenvalue weighted by Gasteiger charge is 2.19. The van der Waals surface area contributed by atoms with Crippen molar-refractivity contribution in [3.63, 3.8) is 0 Å². The number of nitrogens with two attached hydrogens (primary N) is 1. The summed E-state index contributed by atoms with van der Waals surface area (Å²) >= 11 is 0. The smallest absolute Gasteiger partial charge is 0.336 e. The highest BCUT2D eigenvalue weighted by Crippen LogP contribution is 2.29. The molecule has 63 heavy (non-hydrogen) atoms. The molecule has 0 unspecified atom stereocenters.